The fourth-order valence-corrected chi connectivity index (χ4v) is 3.37. The van der Waals surface area contributed by atoms with Crippen molar-refractivity contribution in [3.63, 3.8) is 0 Å². The predicted octanol–water partition coefficient (Wildman–Crippen LogP) is 4.09. The molecule has 0 saturated heterocycles. The van der Waals surface area contributed by atoms with Crippen LogP contribution < -0.4 is 5.32 Å². The molecule has 3 heteroatoms. The molecule has 1 amide bonds. The minimum Gasteiger partial charge on any atom is -0.355 e. The summed E-state index contributed by atoms with van der Waals surface area (Å²) in [6.07, 6.45) is 2.09. The first kappa shape index (κ1) is 14.3. The summed E-state index contributed by atoms with van der Waals surface area (Å²) in [5, 5.41) is 4.07. The molecule has 0 atom stereocenters. The van der Waals surface area contributed by atoms with Gasteiger partial charge in [-0.2, -0.15) is 0 Å². The van der Waals surface area contributed by atoms with E-state index < -0.39 is 0 Å². The molecule has 1 N–H and O–H groups in total. The highest BCUT2D eigenvalue weighted by Gasteiger charge is 2.32. The Kier molecular flexibility index (Phi) is 4.39. The molecule has 108 valence electrons. The number of halogens is 1. The lowest BCUT2D eigenvalue weighted by Crippen LogP contribution is -2.30. The molecule has 0 aromatic heterocycles. The van der Waals surface area contributed by atoms with Crippen LogP contribution in [-0.2, 0) is 4.79 Å². The molecule has 0 heterocycles. The quantitative estimate of drug-likeness (QED) is 0.642. The van der Waals surface area contributed by atoms with Crippen LogP contribution in [0.4, 0.5) is 0 Å². The summed E-state index contributed by atoms with van der Waals surface area (Å²) in [4.78, 5) is 12.6. The van der Waals surface area contributed by atoms with E-state index in [-0.39, 0.29) is 11.8 Å². The predicted molar refractivity (Wildman–Crippen MR) is 89.8 cm³/mol. The molecular weight excluding hydrogens is 326 g/mol. The first-order valence-electron chi connectivity index (χ1n) is 7.35. The largest absolute Gasteiger partial charge is 0.355 e. The molecule has 0 fully saturated rings. The Morgan fingerprint density at radius 2 is 1.52 bits per heavy atom. The Morgan fingerprint density at radius 3 is 2.10 bits per heavy atom. The first-order valence-corrected chi connectivity index (χ1v) is 8.47. The number of carbonyl (C=O) groups excluding carboxylic acids is 1. The molecule has 0 bridgehead atoms. The lowest BCUT2D eigenvalue weighted by molar-refractivity contribution is -0.121. The van der Waals surface area contributed by atoms with Crippen LogP contribution in [0.3, 0.4) is 0 Å². The zero-order valence-electron chi connectivity index (χ0n) is 11.8. The second-order valence-corrected chi connectivity index (χ2v) is 6.09. The van der Waals surface area contributed by atoms with E-state index in [4.69, 9.17) is 0 Å². The number of unbranched alkanes of at least 4 members (excludes halogenated alkanes) is 1. The van der Waals surface area contributed by atoms with E-state index in [9.17, 15) is 4.79 Å². The molecule has 0 saturated carbocycles. The lowest BCUT2D eigenvalue weighted by atomic mass is 9.96. The molecule has 0 unspecified atom stereocenters. The maximum absolute atomic E-state index is 12.6. The molecule has 2 nitrogen and oxygen atoms in total. The second kappa shape index (κ2) is 6.44. The first-order chi connectivity index (χ1) is 10.3. The SMILES string of the molecule is O=C(NCCCCBr)C1c2ccccc2-c2ccccc21. The Hall–Kier alpha value is -1.61. The van der Waals surface area contributed by atoms with Gasteiger partial charge in [0.2, 0.25) is 5.91 Å². The number of fused-ring (bicyclic) bond motifs is 3. The molecular formula is C18H18BrNO. The molecule has 21 heavy (non-hydrogen) atoms. The van der Waals surface area contributed by atoms with Gasteiger partial charge in [-0.05, 0) is 35.1 Å². The van der Waals surface area contributed by atoms with Crippen LogP contribution in [0, 0.1) is 0 Å². The molecule has 1 aliphatic carbocycles. The summed E-state index contributed by atoms with van der Waals surface area (Å²) in [7, 11) is 0. The Morgan fingerprint density at radius 1 is 0.952 bits per heavy atom. The average molecular weight is 344 g/mol. The van der Waals surface area contributed by atoms with Gasteiger partial charge in [-0.25, -0.2) is 0 Å². The number of hydrogen-bond donors (Lipinski definition) is 1. The molecule has 0 spiro atoms. The van der Waals surface area contributed by atoms with Crippen molar-refractivity contribution in [3.05, 3.63) is 59.7 Å². The smallest absolute Gasteiger partial charge is 0.232 e. The van der Waals surface area contributed by atoms with Crippen LogP contribution >= 0.6 is 15.9 Å². The highest BCUT2D eigenvalue weighted by atomic mass is 79.9. The fraction of sp³-hybridized carbons (Fsp3) is 0.278. The zero-order valence-corrected chi connectivity index (χ0v) is 13.4. The third-order valence-electron chi connectivity index (χ3n) is 3.96. The van der Waals surface area contributed by atoms with Crippen LogP contribution in [0.25, 0.3) is 11.1 Å². The minimum absolute atomic E-state index is 0.113. The van der Waals surface area contributed by atoms with Gasteiger partial charge in [0.15, 0.2) is 0 Å². The number of amides is 1. The maximum Gasteiger partial charge on any atom is 0.232 e. The van der Waals surface area contributed by atoms with E-state index in [1.807, 2.05) is 24.3 Å². The number of carbonyl (C=O) groups is 1. The van der Waals surface area contributed by atoms with Crippen molar-refractivity contribution in [1.82, 2.24) is 5.32 Å². The van der Waals surface area contributed by atoms with Crippen molar-refractivity contribution in [3.8, 4) is 11.1 Å². The van der Waals surface area contributed by atoms with Gasteiger partial charge in [0.1, 0.15) is 0 Å². The molecule has 2 aromatic rings. The van der Waals surface area contributed by atoms with Gasteiger partial charge >= 0.3 is 0 Å². The Labute approximate surface area is 133 Å². The monoisotopic (exact) mass is 343 g/mol. The number of nitrogens with one attached hydrogen (secondary N) is 1. The van der Waals surface area contributed by atoms with Crippen LogP contribution in [-0.4, -0.2) is 17.8 Å². The molecule has 3 rings (SSSR count). The highest BCUT2D eigenvalue weighted by Crippen LogP contribution is 2.44. The molecule has 2 aromatic carbocycles. The van der Waals surface area contributed by atoms with Crippen LogP contribution in [0.1, 0.15) is 29.9 Å². The topological polar surface area (TPSA) is 29.1 Å². The van der Waals surface area contributed by atoms with Gasteiger partial charge in [0.05, 0.1) is 5.92 Å². The van der Waals surface area contributed by atoms with Crippen molar-refractivity contribution in [2.24, 2.45) is 0 Å². The zero-order chi connectivity index (χ0) is 14.7. The summed E-state index contributed by atoms with van der Waals surface area (Å²) >= 11 is 3.41. The Balaban J connectivity index is 1.86. The normalized spacial score (nSPS) is 12.8. The molecule has 0 aliphatic heterocycles. The van der Waals surface area contributed by atoms with Crippen LogP contribution in [0.2, 0.25) is 0 Å². The van der Waals surface area contributed by atoms with E-state index in [1.54, 1.807) is 0 Å². The Bertz CT molecular complexity index is 608. The van der Waals surface area contributed by atoms with E-state index >= 15 is 0 Å². The van der Waals surface area contributed by atoms with Crippen molar-refractivity contribution in [1.29, 1.82) is 0 Å². The second-order valence-electron chi connectivity index (χ2n) is 5.29. The minimum atomic E-state index is -0.165. The summed E-state index contributed by atoms with van der Waals surface area (Å²) in [5.74, 6) is -0.0525. The maximum atomic E-state index is 12.6. The summed E-state index contributed by atoms with van der Waals surface area (Å²) in [5.41, 5.74) is 4.62. The average Bonchev–Trinajstić information content (AvgIpc) is 2.86. The van der Waals surface area contributed by atoms with Crippen molar-refractivity contribution in [2.45, 2.75) is 18.8 Å². The van der Waals surface area contributed by atoms with E-state index in [1.165, 1.54) is 11.1 Å². The summed E-state index contributed by atoms with van der Waals surface area (Å²) in [6.45, 7) is 0.741. The number of alkyl halides is 1. The van der Waals surface area contributed by atoms with E-state index in [0.29, 0.717) is 0 Å². The van der Waals surface area contributed by atoms with Crippen LogP contribution in [0.15, 0.2) is 48.5 Å². The lowest BCUT2D eigenvalue weighted by Gasteiger charge is -2.13. The fourth-order valence-electron chi connectivity index (χ4n) is 2.97. The van der Waals surface area contributed by atoms with Crippen molar-refractivity contribution in [2.75, 3.05) is 11.9 Å². The van der Waals surface area contributed by atoms with Gasteiger partial charge in [0, 0.05) is 11.9 Å². The van der Waals surface area contributed by atoms with Gasteiger partial charge in [-0.1, -0.05) is 64.5 Å². The number of rotatable bonds is 5. The number of benzene rings is 2. The highest BCUT2D eigenvalue weighted by molar-refractivity contribution is 9.09. The van der Waals surface area contributed by atoms with E-state index in [2.05, 4.69) is 45.5 Å². The van der Waals surface area contributed by atoms with Gasteiger partial charge < -0.3 is 5.32 Å². The van der Waals surface area contributed by atoms with Crippen molar-refractivity contribution >= 4 is 21.8 Å². The van der Waals surface area contributed by atoms with Crippen LogP contribution in [0.5, 0.6) is 0 Å². The van der Waals surface area contributed by atoms with Gasteiger partial charge in [0.25, 0.3) is 0 Å². The van der Waals surface area contributed by atoms with Gasteiger partial charge in [-0.3, -0.25) is 4.79 Å². The standard InChI is InChI=1S/C18H18BrNO/c19-11-5-6-12-20-18(21)17-15-9-3-1-7-13(15)14-8-2-4-10-16(14)17/h1-4,7-10,17H,5-6,11-12H2,(H,20,21). The van der Waals surface area contributed by atoms with E-state index in [0.717, 1.165) is 35.8 Å². The van der Waals surface area contributed by atoms with Gasteiger partial charge in [-0.15, -0.1) is 0 Å². The summed E-state index contributed by atoms with van der Waals surface area (Å²) in [6, 6.07) is 16.4. The third kappa shape index (κ3) is 2.75. The number of hydrogen-bond acceptors (Lipinski definition) is 1. The van der Waals surface area contributed by atoms with Crippen molar-refractivity contribution < 1.29 is 4.79 Å². The molecule has 1 aliphatic rings. The summed E-state index contributed by atoms with van der Waals surface area (Å²) < 4.78 is 0. The molecule has 0 radical (unpaired) electrons. The third-order valence-corrected chi connectivity index (χ3v) is 4.52.